The first kappa shape index (κ1) is 15.7. The average Bonchev–Trinajstić information content (AvgIpc) is 3.11. The van der Waals surface area contributed by atoms with Crippen LogP contribution in [0.3, 0.4) is 0 Å². The molecule has 2 heterocycles. The van der Waals surface area contributed by atoms with Crippen molar-refractivity contribution in [3.05, 3.63) is 72.6 Å². The van der Waals surface area contributed by atoms with Crippen LogP contribution in [0.15, 0.2) is 67.0 Å². The summed E-state index contributed by atoms with van der Waals surface area (Å²) < 4.78 is 7.00. The second-order valence-electron chi connectivity index (χ2n) is 5.65. The van der Waals surface area contributed by atoms with E-state index in [2.05, 4.69) is 21.5 Å². The van der Waals surface area contributed by atoms with Gasteiger partial charge in [-0.15, -0.1) is 0 Å². The molecule has 1 N–H and O–H groups in total. The van der Waals surface area contributed by atoms with Gasteiger partial charge in [0.1, 0.15) is 24.0 Å². The zero-order valence-corrected chi connectivity index (χ0v) is 14.0. The van der Waals surface area contributed by atoms with Gasteiger partial charge in [0, 0.05) is 5.56 Å². The molecule has 6 heteroatoms. The minimum Gasteiger partial charge on any atom is -0.497 e. The fourth-order valence-corrected chi connectivity index (χ4v) is 2.75. The van der Waals surface area contributed by atoms with Crippen molar-refractivity contribution in [2.45, 2.75) is 0 Å². The molecule has 126 valence electrons. The molecule has 0 spiro atoms. The van der Waals surface area contributed by atoms with Crippen LogP contribution in [0.2, 0.25) is 0 Å². The standard InChI is InChI=1S/C20H15N5O/c1-26-16-9-6-14(7-10-16)20-15(12-21)8-11-19(23-20)24-25-13-22-17-4-2-3-5-18(17)25/h2-11,13H,1H3,(H,23,24). The summed E-state index contributed by atoms with van der Waals surface area (Å²) in [4.78, 5) is 8.98. The summed E-state index contributed by atoms with van der Waals surface area (Å²) in [6.45, 7) is 0. The van der Waals surface area contributed by atoms with Crippen LogP contribution in [0.1, 0.15) is 5.56 Å². The maximum atomic E-state index is 9.42. The summed E-state index contributed by atoms with van der Waals surface area (Å²) in [6, 6.07) is 21.0. The normalized spacial score (nSPS) is 10.5. The van der Waals surface area contributed by atoms with Gasteiger partial charge in [-0.1, -0.05) is 12.1 Å². The zero-order valence-electron chi connectivity index (χ0n) is 14.0. The van der Waals surface area contributed by atoms with E-state index in [0.29, 0.717) is 17.1 Å². The van der Waals surface area contributed by atoms with Crippen molar-refractivity contribution >= 4 is 16.9 Å². The number of nitriles is 1. The summed E-state index contributed by atoms with van der Waals surface area (Å²) in [5, 5.41) is 9.42. The van der Waals surface area contributed by atoms with Crippen molar-refractivity contribution in [2.24, 2.45) is 0 Å². The molecular weight excluding hydrogens is 326 g/mol. The molecule has 0 bridgehead atoms. The maximum absolute atomic E-state index is 9.42. The number of anilines is 1. The quantitative estimate of drug-likeness (QED) is 0.610. The van der Waals surface area contributed by atoms with Crippen molar-refractivity contribution in [3.63, 3.8) is 0 Å². The number of fused-ring (bicyclic) bond motifs is 1. The predicted octanol–water partition coefficient (Wildman–Crippen LogP) is 3.85. The molecule has 0 radical (unpaired) electrons. The van der Waals surface area contributed by atoms with Gasteiger partial charge in [0.25, 0.3) is 0 Å². The highest BCUT2D eigenvalue weighted by Gasteiger charge is 2.10. The SMILES string of the molecule is COc1ccc(-c2nc(Nn3cnc4ccccc43)ccc2C#N)cc1. The highest BCUT2D eigenvalue weighted by Crippen LogP contribution is 2.25. The van der Waals surface area contributed by atoms with Gasteiger partial charge >= 0.3 is 0 Å². The smallest absolute Gasteiger partial charge is 0.145 e. The van der Waals surface area contributed by atoms with Gasteiger partial charge in [-0.05, 0) is 48.5 Å². The Labute approximate surface area is 150 Å². The Bertz CT molecular complexity index is 1110. The van der Waals surface area contributed by atoms with Crippen LogP contribution in [0.25, 0.3) is 22.3 Å². The third-order valence-corrected chi connectivity index (χ3v) is 4.07. The lowest BCUT2D eigenvalue weighted by molar-refractivity contribution is 0.415. The highest BCUT2D eigenvalue weighted by atomic mass is 16.5. The van der Waals surface area contributed by atoms with Crippen LogP contribution in [0.4, 0.5) is 5.82 Å². The lowest BCUT2D eigenvalue weighted by Gasteiger charge is -2.11. The van der Waals surface area contributed by atoms with Crippen molar-refractivity contribution in [2.75, 3.05) is 12.5 Å². The number of hydrogen-bond acceptors (Lipinski definition) is 5. The first-order chi connectivity index (χ1) is 12.8. The van der Waals surface area contributed by atoms with E-state index < -0.39 is 0 Å². The molecule has 0 amide bonds. The number of nitrogens with zero attached hydrogens (tertiary/aromatic N) is 4. The number of pyridine rings is 1. The Kier molecular flexibility index (Phi) is 3.96. The Morgan fingerprint density at radius 2 is 1.85 bits per heavy atom. The van der Waals surface area contributed by atoms with E-state index in [9.17, 15) is 5.26 Å². The highest BCUT2D eigenvalue weighted by molar-refractivity contribution is 5.76. The lowest BCUT2D eigenvalue weighted by Crippen LogP contribution is -2.09. The molecule has 4 aromatic rings. The molecule has 2 aromatic heterocycles. The van der Waals surface area contributed by atoms with Gasteiger partial charge in [-0.25, -0.2) is 14.6 Å². The zero-order chi connectivity index (χ0) is 17.9. The first-order valence-corrected chi connectivity index (χ1v) is 8.03. The number of nitrogens with one attached hydrogen (secondary N) is 1. The Hall–Kier alpha value is -3.85. The van der Waals surface area contributed by atoms with E-state index in [4.69, 9.17) is 4.74 Å². The van der Waals surface area contributed by atoms with Crippen LogP contribution >= 0.6 is 0 Å². The number of benzene rings is 2. The minimum absolute atomic E-state index is 0.510. The largest absolute Gasteiger partial charge is 0.497 e. The number of aromatic nitrogens is 3. The number of para-hydroxylation sites is 2. The van der Waals surface area contributed by atoms with Crippen molar-refractivity contribution < 1.29 is 4.74 Å². The summed E-state index contributed by atoms with van der Waals surface area (Å²) in [5.74, 6) is 1.38. The number of rotatable bonds is 4. The topological polar surface area (TPSA) is 75.8 Å². The minimum atomic E-state index is 0.510. The van der Waals surface area contributed by atoms with Crippen molar-refractivity contribution in [1.82, 2.24) is 14.6 Å². The summed E-state index contributed by atoms with van der Waals surface area (Å²) >= 11 is 0. The van der Waals surface area contributed by atoms with Crippen molar-refractivity contribution in [3.8, 4) is 23.1 Å². The first-order valence-electron chi connectivity index (χ1n) is 8.03. The van der Waals surface area contributed by atoms with Gasteiger partial charge < -0.3 is 4.74 Å². The number of ether oxygens (including phenoxy) is 1. The molecule has 0 aliphatic heterocycles. The van der Waals surface area contributed by atoms with Crippen LogP contribution < -0.4 is 10.2 Å². The molecule has 26 heavy (non-hydrogen) atoms. The Balaban J connectivity index is 1.73. The fourth-order valence-electron chi connectivity index (χ4n) is 2.75. The van der Waals surface area contributed by atoms with Crippen LogP contribution in [-0.2, 0) is 0 Å². The van der Waals surface area contributed by atoms with E-state index in [1.165, 1.54) is 0 Å². The van der Waals surface area contributed by atoms with Gasteiger partial charge in [-0.3, -0.25) is 5.43 Å². The van der Waals surface area contributed by atoms with Crippen molar-refractivity contribution in [1.29, 1.82) is 5.26 Å². The molecule has 2 aromatic carbocycles. The number of methoxy groups -OCH3 is 1. The molecule has 0 fully saturated rings. The third kappa shape index (κ3) is 2.82. The summed E-state index contributed by atoms with van der Waals surface area (Å²) in [5.41, 5.74) is 7.04. The number of hydrogen-bond donors (Lipinski definition) is 1. The lowest BCUT2D eigenvalue weighted by atomic mass is 10.1. The molecule has 0 atom stereocenters. The molecule has 0 unspecified atom stereocenters. The number of imidazole rings is 1. The molecule has 4 rings (SSSR count). The molecule has 0 saturated heterocycles. The molecule has 0 aliphatic rings. The Morgan fingerprint density at radius 3 is 2.62 bits per heavy atom. The fraction of sp³-hybridized carbons (Fsp3) is 0.0500. The van der Waals surface area contributed by atoms with Crippen LogP contribution in [0.5, 0.6) is 5.75 Å². The average molecular weight is 341 g/mol. The maximum Gasteiger partial charge on any atom is 0.145 e. The van der Waals surface area contributed by atoms with Gasteiger partial charge in [0.2, 0.25) is 0 Å². The summed E-state index contributed by atoms with van der Waals surface area (Å²) in [6.07, 6.45) is 1.71. The second-order valence-corrected chi connectivity index (χ2v) is 5.65. The van der Waals surface area contributed by atoms with E-state index in [1.807, 2.05) is 53.2 Å². The van der Waals surface area contributed by atoms with E-state index in [1.54, 1.807) is 25.6 Å². The molecule has 6 nitrogen and oxygen atoms in total. The monoisotopic (exact) mass is 341 g/mol. The Morgan fingerprint density at radius 1 is 1.04 bits per heavy atom. The van der Waals surface area contributed by atoms with E-state index in [-0.39, 0.29) is 0 Å². The van der Waals surface area contributed by atoms with Crippen LogP contribution in [0, 0.1) is 11.3 Å². The van der Waals surface area contributed by atoms with Crippen LogP contribution in [-0.4, -0.2) is 21.8 Å². The second kappa shape index (κ2) is 6.57. The molecule has 0 aliphatic carbocycles. The molecular formula is C20H15N5O. The van der Waals surface area contributed by atoms with E-state index in [0.717, 1.165) is 22.3 Å². The van der Waals surface area contributed by atoms with Gasteiger partial charge in [0.15, 0.2) is 0 Å². The summed E-state index contributed by atoms with van der Waals surface area (Å²) in [7, 11) is 1.62. The van der Waals surface area contributed by atoms with E-state index >= 15 is 0 Å². The molecule has 0 saturated carbocycles. The van der Waals surface area contributed by atoms with Gasteiger partial charge in [-0.2, -0.15) is 5.26 Å². The van der Waals surface area contributed by atoms with Gasteiger partial charge in [0.05, 0.1) is 29.4 Å². The third-order valence-electron chi connectivity index (χ3n) is 4.07. The predicted molar refractivity (Wildman–Crippen MR) is 99.7 cm³/mol.